The molecule has 1 rings (SSSR count). The van der Waals surface area contributed by atoms with Gasteiger partial charge in [-0.25, -0.2) is 0 Å². The molecule has 1 atom stereocenters. The van der Waals surface area contributed by atoms with Crippen LogP contribution < -0.4 is 5.32 Å². The van der Waals surface area contributed by atoms with E-state index in [9.17, 15) is 0 Å². The maximum absolute atomic E-state index is 5.81. The van der Waals surface area contributed by atoms with Crippen molar-refractivity contribution in [1.29, 1.82) is 0 Å². The summed E-state index contributed by atoms with van der Waals surface area (Å²) in [6.45, 7) is 6.50. The largest absolute Gasteiger partial charge is 0.379 e. The molecule has 0 fully saturated rings. The number of likely N-dealkylation sites (N-methyl/N-ethyl adjacent to an activating group) is 1. The lowest BCUT2D eigenvalue weighted by atomic mass is 10.2. The average Bonchev–Trinajstić information content (AvgIpc) is 2.29. The zero-order valence-corrected chi connectivity index (χ0v) is 10.6. The molecule has 0 saturated heterocycles. The molecule has 3 nitrogen and oxygen atoms in total. The Morgan fingerprint density at radius 3 is 2.81 bits per heavy atom. The highest BCUT2D eigenvalue weighted by molar-refractivity contribution is 6.30. The smallest absolute Gasteiger partial charge is 0.0732 e. The maximum Gasteiger partial charge on any atom is 0.0732 e. The fourth-order valence-electron chi connectivity index (χ4n) is 1.43. The third-order valence-corrected chi connectivity index (χ3v) is 2.41. The number of halogens is 1. The first-order valence-corrected chi connectivity index (χ1v) is 6.08. The molecule has 0 saturated carbocycles. The van der Waals surface area contributed by atoms with Gasteiger partial charge in [0, 0.05) is 12.8 Å². The number of nitrogens with zero attached hydrogens (tertiary/aromatic N) is 1. The Balaban J connectivity index is 2.57. The summed E-state index contributed by atoms with van der Waals surface area (Å²) in [5, 5.41) is 4.01. The minimum atomic E-state index is 0.147. The molecule has 1 aromatic rings. The van der Waals surface area contributed by atoms with E-state index in [4.69, 9.17) is 16.3 Å². The lowest BCUT2D eigenvalue weighted by Crippen LogP contribution is -2.26. The molecule has 4 heteroatoms. The lowest BCUT2D eigenvalue weighted by molar-refractivity contribution is 0.111. The van der Waals surface area contributed by atoms with Gasteiger partial charge in [0.25, 0.3) is 0 Å². The van der Waals surface area contributed by atoms with Crippen LogP contribution in [0.15, 0.2) is 18.3 Å². The van der Waals surface area contributed by atoms with Crippen molar-refractivity contribution in [2.45, 2.75) is 26.3 Å². The van der Waals surface area contributed by atoms with E-state index in [-0.39, 0.29) is 6.04 Å². The Morgan fingerprint density at radius 1 is 1.44 bits per heavy atom. The Kier molecular flexibility index (Phi) is 6.38. The van der Waals surface area contributed by atoms with Crippen LogP contribution in [0.1, 0.15) is 32.0 Å². The number of hydrogen-bond acceptors (Lipinski definition) is 3. The van der Waals surface area contributed by atoms with Gasteiger partial charge in [0.1, 0.15) is 0 Å². The molecule has 1 N–H and O–H groups in total. The Bertz CT molecular complexity index is 290. The molecule has 0 aliphatic rings. The minimum absolute atomic E-state index is 0.147. The molecule has 0 amide bonds. The third kappa shape index (κ3) is 4.47. The van der Waals surface area contributed by atoms with Gasteiger partial charge in [0.15, 0.2) is 0 Å². The van der Waals surface area contributed by atoms with Crippen molar-refractivity contribution in [3.63, 3.8) is 0 Å². The van der Waals surface area contributed by atoms with E-state index in [0.717, 1.165) is 25.3 Å². The molecule has 0 spiro atoms. The standard InChI is InChI=1S/C12H19ClN2O/c1-3-7-16-9-12(14-4-2)11-6-5-10(13)8-15-11/h5-6,8,12,14H,3-4,7,9H2,1-2H3. The number of rotatable bonds is 7. The van der Waals surface area contributed by atoms with Crippen LogP contribution in [0.4, 0.5) is 0 Å². The number of pyridine rings is 1. The molecular weight excluding hydrogens is 224 g/mol. The van der Waals surface area contributed by atoms with Gasteiger partial charge in [0.2, 0.25) is 0 Å². The van der Waals surface area contributed by atoms with Gasteiger partial charge in [-0.2, -0.15) is 0 Å². The van der Waals surface area contributed by atoms with Crippen LogP contribution in [0, 0.1) is 0 Å². The molecule has 0 aromatic carbocycles. The van der Waals surface area contributed by atoms with Crippen LogP contribution in [0.3, 0.4) is 0 Å². The molecule has 1 unspecified atom stereocenters. The van der Waals surface area contributed by atoms with E-state index in [1.165, 1.54) is 0 Å². The molecule has 16 heavy (non-hydrogen) atoms. The molecule has 0 aliphatic heterocycles. The summed E-state index contributed by atoms with van der Waals surface area (Å²) in [7, 11) is 0. The van der Waals surface area contributed by atoms with Crippen molar-refractivity contribution in [2.24, 2.45) is 0 Å². The first kappa shape index (κ1) is 13.4. The van der Waals surface area contributed by atoms with E-state index in [2.05, 4.69) is 24.1 Å². The van der Waals surface area contributed by atoms with E-state index in [0.29, 0.717) is 11.6 Å². The quantitative estimate of drug-likeness (QED) is 0.747. The van der Waals surface area contributed by atoms with Crippen molar-refractivity contribution >= 4 is 11.6 Å². The molecule has 1 heterocycles. The van der Waals surface area contributed by atoms with Crippen molar-refractivity contribution < 1.29 is 4.74 Å². The summed E-state index contributed by atoms with van der Waals surface area (Å²) in [5.74, 6) is 0. The van der Waals surface area contributed by atoms with E-state index < -0.39 is 0 Å². The highest BCUT2D eigenvalue weighted by Gasteiger charge is 2.11. The third-order valence-electron chi connectivity index (χ3n) is 2.19. The summed E-state index contributed by atoms with van der Waals surface area (Å²) < 4.78 is 5.55. The second kappa shape index (κ2) is 7.60. The van der Waals surface area contributed by atoms with Crippen LogP contribution in [0.5, 0.6) is 0 Å². The normalized spacial score (nSPS) is 12.7. The molecule has 0 radical (unpaired) electrons. The summed E-state index contributed by atoms with van der Waals surface area (Å²) in [6.07, 6.45) is 2.70. The monoisotopic (exact) mass is 242 g/mol. The Hall–Kier alpha value is -0.640. The number of nitrogens with one attached hydrogen (secondary N) is 1. The summed E-state index contributed by atoms with van der Waals surface area (Å²) in [5.41, 5.74) is 0.974. The first-order valence-electron chi connectivity index (χ1n) is 5.70. The van der Waals surface area contributed by atoms with E-state index >= 15 is 0 Å². The van der Waals surface area contributed by atoms with Gasteiger partial charge >= 0.3 is 0 Å². The number of ether oxygens (including phenoxy) is 1. The molecule has 1 aromatic heterocycles. The zero-order chi connectivity index (χ0) is 11.8. The van der Waals surface area contributed by atoms with Gasteiger partial charge in [-0.3, -0.25) is 4.98 Å². The fourth-order valence-corrected chi connectivity index (χ4v) is 1.55. The highest BCUT2D eigenvalue weighted by atomic mass is 35.5. The molecule has 90 valence electrons. The second-order valence-corrected chi connectivity index (χ2v) is 4.02. The highest BCUT2D eigenvalue weighted by Crippen LogP contribution is 2.13. The van der Waals surface area contributed by atoms with Crippen molar-refractivity contribution in [3.8, 4) is 0 Å². The predicted molar refractivity (Wildman–Crippen MR) is 66.8 cm³/mol. The maximum atomic E-state index is 5.81. The molecular formula is C12H19ClN2O. The zero-order valence-electron chi connectivity index (χ0n) is 9.87. The number of aromatic nitrogens is 1. The van der Waals surface area contributed by atoms with Crippen molar-refractivity contribution in [2.75, 3.05) is 19.8 Å². The van der Waals surface area contributed by atoms with Crippen LogP contribution >= 0.6 is 11.6 Å². The van der Waals surface area contributed by atoms with E-state index in [1.54, 1.807) is 6.20 Å². The predicted octanol–water partition coefficient (Wildman–Crippen LogP) is 2.81. The van der Waals surface area contributed by atoms with Crippen LogP contribution in [-0.4, -0.2) is 24.7 Å². The minimum Gasteiger partial charge on any atom is -0.379 e. The Morgan fingerprint density at radius 2 is 2.25 bits per heavy atom. The summed E-state index contributed by atoms with van der Waals surface area (Å²) in [4.78, 5) is 4.30. The number of hydrogen-bond donors (Lipinski definition) is 1. The fraction of sp³-hybridized carbons (Fsp3) is 0.583. The van der Waals surface area contributed by atoms with Crippen LogP contribution in [-0.2, 0) is 4.74 Å². The van der Waals surface area contributed by atoms with Gasteiger partial charge in [-0.05, 0) is 25.1 Å². The van der Waals surface area contributed by atoms with E-state index in [1.807, 2.05) is 12.1 Å². The van der Waals surface area contributed by atoms with Gasteiger partial charge < -0.3 is 10.1 Å². The molecule has 0 aliphatic carbocycles. The van der Waals surface area contributed by atoms with Gasteiger partial charge in [0.05, 0.1) is 23.4 Å². The average molecular weight is 243 g/mol. The summed E-state index contributed by atoms with van der Waals surface area (Å²) >= 11 is 5.81. The lowest BCUT2D eigenvalue weighted by Gasteiger charge is -2.17. The molecule has 0 bridgehead atoms. The van der Waals surface area contributed by atoms with Crippen LogP contribution in [0.25, 0.3) is 0 Å². The van der Waals surface area contributed by atoms with Gasteiger partial charge in [-0.15, -0.1) is 0 Å². The van der Waals surface area contributed by atoms with Crippen LogP contribution in [0.2, 0.25) is 5.02 Å². The van der Waals surface area contributed by atoms with Crippen molar-refractivity contribution in [1.82, 2.24) is 10.3 Å². The topological polar surface area (TPSA) is 34.1 Å². The first-order chi connectivity index (χ1) is 7.77. The van der Waals surface area contributed by atoms with Crippen molar-refractivity contribution in [3.05, 3.63) is 29.0 Å². The Labute approximate surface area is 102 Å². The van der Waals surface area contributed by atoms with Gasteiger partial charge in [-0.1, -0.05) is 25.4 Å². The second-order valence-electron chi connectivity index (χ2n) is 3.59. The summed E-state index contributed by atoms with van der Waals surface area (Å²) in [6, 6.07) is 3.94. The SMILES string of the molecule is CCCOCC(NCC)c1ccc(Cl)cn1.